The fraction of sp³-hybridized carbons (Fsp3) is 0.500. The molecule has 0 amide bonds. The molecule has 34 heavy (non-hydrogen) atoms. The molecule has 1 saturated heterocycles. The van der Waals surface area contributed by atoms with Gasteiger partial charge in [-0.2, -0.15) is 0 Å². The van der Waals surface area contributed by atoms with Gasteiger partial charge in [-0.25, -0.2) is 0 Å². The van der Waals surface area contributed by atoms with E-state index in [9.17, 15) is 0 Å². The molecular formula is C30H43ClN2Pd-2. The summed E-state index contributed by atoms with van der Waals surface area (Å²) in [5.74, 6) is 1.80. The van der Waals surface area contributed by atoms with E-state index in [-0.39, 0.29) is 0 Å². The van der Waals surface area contributed by atoms with E-state index in [1.54, 1.807) is 0 Å². The summed E-state index contributed by atoms with van der Waals surface area (Å²) in [5.41, 5.74) is 8.43. The van der Waals surface area contributed by atoms with Gasteiger partial charge >= 0.3 is 219 Å². The number of halogens is 1. The maximum absolute atomic E-state index is 7.33. The third-order valence-electron chi connectivity index (χ3n) is 6.54. The van der Waals surface area contributed by atoms with Crippen LogP contribution >= 0.6 is 9.53 Å². The van der Waals surface area contributed by atoms with Gasteiger partial charge in [0.1, 0.15) is 0 Å². The van der Waals surface area contributed by atoms with E-state index in [1.165, 1.54) is 37.9 Å². The van der Waals surface area contributed by atoms with Crippen molar-refractivity contribution in [3.8, 4) is 0 Å². The molecule has 1 aliphatic rings. The Labute approximate surface area is 217 Å². The third kappa shape index (κ3) is 5.38. The second-order valence-electron chi connectivity index (χ2n) is 10.4. The quantitative estimate of drug-likeness (QED) is 0.230. The average molecular weight is 574 g/mol. The molecule has 0 N–H and O–H groups in total. The molecule has 0 spiro atoms. The minimum atomic E-state index is -1.53. The summed E-state index contributed by atoms with van der Waals surface area (Å²) in [6.07, 6.45) is 2.00. The number of rotatable bonds is 8. The van der Waals surface area contributed by atoms with Crippen LogP contribution in [0.25, 0.3) is 0 Å². The first-order valence-electron chi connectivity index (χ1n) is 12.6. The van der Waals surface area contributed by atoms with Crippen LogP contribution in [0.4, 0.5) is 11.4 Å². The molecule has 4 heteroatoms. The summed E-state index contributed by atoms with van der Waals surface area (Å²) in [6, 6.07) is 13.7. The maximum atomic E-state index is 7.33. The van der Waals surface area contributed by atoms with Crippen LogP contribution in [-0.4, -0.2) is 17.3 Å². The number of hydrogen-bond donors (Lipinski definition) is 0. The molecule has 0 unspecified atom stereocenters. The Morgan fingerprint density at radius 2 is 1.06 bits per heavy atom. The molecule has 0 aliphatic carbocycles. The van der Waals surface area contributed by atoms with Crippen LogP contribution in [0.3, 0.4) is 0 Å². The average Bonchev–Trinajstić information content (AvgIpc) is 3.22. The van der Waals surface area contributed by atoms with Crippen LogP contribution in [0.5, 0.6) is 0 Å². The van der Waals surface area contributed by atoms with Crippen molar-refractivity contribution >= 4 is 25.1 Å². The molecule has 1 fully saturated rings. The predicted molar refractivity (Wildman–Crippen MR) is 150 cm³/mol. The van der Waals surface area contributed by atoms with E-state index in [4.69, 9.17) is 9.53 Å². The van der Waals surface area contributed by atoms with E-state index >= 15 is 0 Å². The second kappa shape index (κ2) is 11.6. The van der Waals surface area contributed by atoms with Gasteiger partial charge in [0.25, 0.3) is 0 Å². The zero-order chi connectivity index (χ0) is 25.2. The second-order valence-corrected chi connectivity index (χ2v) is 14.7. The number of benzene rings is 2. The normalized spacial score (nSPS) is 14.9. The molecule has 2 aromatic carbocycles. The van der Waals surface area contributed by atoms with Gasteiger partial charge in [0.05, 0.1) is 0 Å². The summed E-state index contributed by atoms with van der Waals surface area (Å²) in [6.45, 7) is 24.4. The van der Waals surface area contributed by atoms with Gasteiger partial charge in [-0.15, -0.1) is 0 Å². The van der Waals surface area contributed by atoms with E-state index in [2.05, 4.69) is 108 Å². The van der Waals surface area contributed by atoms with Crippen molar-refractivity contribution in [2.45, 2.75) is 84.0 Å². The summed E-state index contributed by atoms with van der Waals surface area (Å²) >= 11 is -1.53. The molecule has 1 heterocycles. The van der Waals surface area contributed by atoms with Crippen molar-refractivity contribution in [2.24, 2.45) is 0 Å². The number of allylic oxidation sites excluding steroid dienone is 1. The Morgan fingerprint density at radius 1 is 0.735 bits per heavy atom. The van der Waals surface area contributed by atoms with Crippen molar-refractivity contribution in [1.82, 2.24) is 0 Å². The number of para-hydroxylation sites is 2. The molecule has 0 atom stereocenters. The summed E-state index contributed by atoms with van der Waals surface area (Å²) in [7, 11) is 7.33. The van der Waals surface area contributed by atoms with Crippen LogP contribution < -0.4 is 9.80 Å². The van der Waals surface area contributed by atoms with Gasteiger partial charge in [0.2, 0.25) is 0 Å². The summed E-state index contributed by atoms with van der Waals surface area (Å²) in [5, 5.41) is 0. The van der Waals surface area contributed by atoms with Crippen LogP contribution in [0.1, 0.15) is 101 Å². The summed E-state index contributed by atoms with van der Waals surface area (Å²) in [4.78, 5) is 6.03. The molecule has 192 valence electrons. The van der Waals surface area contributed by atoms with Crippen molar-refractivity contribution in [3.63, 3.8) is 0 Å². The Hall–Kier alpha value is -1.40. The fourth-order valence-corrected chi connectivity index (χ4v) is 8.34. The van der Waals surface area contributed by atoms with E-state index in [0.717, 1.165) is 18.0 Å². The molecule has 0 bridgehead atoms. The zero-order valence-electron chi connectivity index (χ0n) is 22.3. The first-order valence-corrected chi connectivity index (χ1v) is 16.5. The molecule has 2 aromatic rings. The van der Waals surface area contributed by atoms with Crippen LogP contribution in [0.2, 0.25) is 4.89 Å². The van der Waals surface area contributed by atoms with Gasteiger partial charge in [0, 0.05) is 0 Å². The Morgan fingerprint density at radius 3 is 1.32 bits per heavy atom. The number of nitrogens with zero attached hydrogens (tertiary/aromatic N) is 2. The molecular weight excluding hydrogens is 530 g/mol. The van der Waals surface area contributed by atoms with Gasteiger partial charge in [-0.1, -0.05) is 0 Å². The first kappa shape index (κ1) is 27.2. The van der Waals surface area contributed by atoms with E-state index in [1.807, 2.05) is 6.08 Å². The van der Waals surface area contributed by atoms with E-state index < -0.39 is 15.3 Å². The number of hydrogen-bond acceptors (Lipinski definition) is 2. The van der Waals surface area contributed by atoms with Crippen molar-refractivity contribution in [3.05, 3.63) is 71.3 Å². The minimum absolute atomic E-state index is 0.449. The van der Waals surface area contributed by atoms with Crippen LogP contribution in [0.15, 0.2) is 49.1 Å². The monoisotopic (exact) mass is 572 g/mol. The fourth-order valence-electron chi connectivity index (χ4n) is 4.88. The summed E-state index contributed by atoms with van der Waals surface area (Å²) < 4.78 is 1.32. The molecule has 3 rings (SSSR count). The molecule has 2 nitrogen and oxygen atoms in total. The van der Waals surface area contributed by atoms with Gasteiger partial charge in [-0.05, 0) is 0 Å². The predicted octanol–water partition coefficient (Wildman–Crippen LogP) is 8.97. The van der Waals surface area contributed by atoms with Gasteiger partial charge < -0.3 is 0 Å². The van der Waals surface area contributed by atoms with Crippen LogP contribution in [0, 0.1) is 0 Å². The Kier molecular flexibility index (Phi) is 9.24. The molecule has 1 aliphatic heterocycles. The van der Waals surface area contributed by atoms with E-state index in [0.29, 0.717) is 23.7 Å². The van der Waals surface area contributed by atoms with Gasteiger partial charge in [-0.3, -0.25) is 0 Å². The number of anilines is 2. The topological polar surface area (TPSA) is 6.48 Å². The standard InChI is InChI=1S/C27H38N2.C3H5.ClH.Pd/c1-18(2)22-11-9-12-23(19(3)4)26(22)28-15-16-29(17-28)27-24(20(5)6)13-10-14-25(27)21(7)8;1-3-2;;/h9-14,18-21H,15-16H2,1-8H3;3H,1-2H2;1H;/q;;;-1/p-1. The SMILES string of the molecule is C=C[CH2][Pd-2]([Cl])=[C]1N(c2c(C(C)C)cccc2C(C)C)CCN1c1c(C(C)C)cccc1C(C)C. The molecule has 0 saturated carbocycles. The molecule has 0 aromatic heterocycles. The Bertz CT molecular complexity index is 926. The van der Waals surface area contributed by atoms with Crippen LogP contribution in [-0.2, 0) is 15.3 Å². The van der Waals surface area contributed by atoms with Crippen molar-refractivity contribution < 1.29 is 15.3 Å². The zero-order valence-corrected chi connectivity index (χ0v) is 24.6. The van der Waals surface area contributed by atoms with Crippen molar-refractivity contribution in [1.29, 1.82) is 0 Å². The van der Waals surface area contributed by atoms with Gasteiger partial charge in [0.15, 0.2) is 0 Å². The molecule has 0 radical (unpaired) electrons. The Balaban J connectivity index is 2.31. The first-order chi connectivity index (χ1) is 16.1. The third-order valence-corrected chi connectivity index (χ3v) is 10.4. The van der Waals surface area contributed by atoms with Crippen molar-refractivity contribution in [2.75, 3.05) is 22.9 Å².